The molecule has 0 aliphatic carbocycles. The highest BCUT2D eigenvalue weighted by molar-refractivity contribution is 5.69. The molecule has 0 amide bonds. The second-order valence-corrected chi connectivity index (χ2v) is 5.88. The summed E-state index contributed by atoms with van der Waals surface area (Å²) in [6, 6.07) is 0.457. The third-order valence-electron chi connectivity index (χ3n) is 4.17. The van der Waals surface area contributed by atoms with E-state index in [4.69, 9.17) is 5.11 Å². The van der Waals surface area contributed by atoms with Crippen molar-refractivity contribution in [2.75, 3.05) is 32.7 Å². The molecule has 1 rings (SSSR count). The zero-order chi connectivity index (χ0) is 14.3. The molecule has 0 saturated carbocycles. The molecule has 1 unspecified atom stereocenters. The van der Waals surface area contributed by atoms with E-state index in [2.05, 4.69) is 30.6 Å². The van der Waals surface area contributed by atoms with E-state index < -0.39 is 5.97 Å². The van der Waals surface area contributed by atoms with Crippen LogP contribution in [-0.2, 0) is 4.79 Å². The Morgan fingerprint density at radius 2 is 2.00 bits per heavy atom. The summed E-state index contributed by atoms with van der Waals surface area (Å²) in [4.78, 5) is 15.5. The summed E-state index contributed by atoms with van der Waals surface area (Å²) in [5.41, 5.74) is 0. The lowest BCUT2D eigenvalue weighted by Crippen LogP contribution is -2.47. The van der Waals surface area contributed by atoms with E-state index in [0.717, 1.165) is 38.4 Å². The number of likely N-dealkylation sites (N-methyl/N-ethyl adjacent to an activating group) is 1. The predicted octanol–water partition coefficient (Wildman–Crippen LogP) is 2.29. The summed E-state index contributed by atoms with van der Waals surface area (Å²) in [6.45, 7) is 11.1. The average Bonchev–Trinajstić information content (AvgIpc) is 2.37. The lowest BCUT2D eigenvalue weighted by Gasteiger charge is -2.38. The maximum atomic E-state index is 10.8. The van der Waals surface area contributed by atoms with E-state index in [1.54, 1.807) is 0 Å². The van der Waals surface area contributed by atoms with Gasteiger partial charge in [0.05, 0.1) is 6.54 Å². The third kappa shape index (κ3) is 5.91. The standard InChI is InChI=1S/C15H30N2O2/c1-4-6-13(3)11-16-9-7-14(8-10-16)17(5-2)12-15(18)19/h13-14H,4-12H2,1-3H3,(H,18,19). The molecule has 0 aromatic carbocycles. The fourth-order valence-corrected chi connectivity index (χ4v) is 3.16. The lowest BCUT2D eigenvalue weighted by molar-refractivity contribution is -0.139. The van der Waals surface area contributed by atoms with Crippen LogP contribution in [0.4, 0.5) is 0 Å². The van der Waals surface area contributed by atoms with E-state index in [9.17, 15) is 4.79 Å². The van der Waals surface area contributed by atoms with Crippen LogP contribution in [0.5, 0.6) is 0 Å². The molecule has 1 fully saturated rings. The van der Waals surface area contributed by atoms with Gasteiger partial charge in [-0.05, 0) is 44.8 Å². The Labute approximate surface area is 117 Å². The fourth-order valence-electron chi connectivity index (χ4n) is 3.16. The quantitative estimate of drug-likeness (QED) is 0.735. The number of piperidine rings is 1. The number of rotatable bonds is 8. The molecule has 0 bridgehead atoms. The number of hydrogen-bond donors (Lipinski definition) is 1. The van der Waals surface area contributed by atoms with Crippen molar-refractivity contribution in [3.63, 3.8) is 0 Å². The number of nitrogens with zero attached hydrogens (tertiary/aromatic N) is 2. The highest BCUT2D eigenvalue weighted by Crippen LogP contribution is 2.18. The predicted molar refractivity (Wildman–Crippen MR) is 78.4 cm³/mol. The van der Waals surface area contributed by atoms with Gasteiger partial charge in [-0.2, -0.15) is 0 Å². The molecule has 1 N–H and O–H groups in total. The summed E-state index contributed by atoms with van der Waals surface area (Å²) < 4.78 is 0. The number of hydrogen-bond acceptors (Lipinski definition) is 3. The normalized spacial score (nSPS) is 19.8. The molecule has 0 aromatic heterocycles. The molecular weight excluding hydrogens is 240 g/mol. The molecule has 0 radical (unpaired) electrons. The first-order valence-corrected chi connectivity index (χ1v) is 7.75. The van der Waals surface area contributed by atoms with Gasteiger partial charge in [0.25, 0.3) is 0 Å². The number of aliphatic carboxylic acids is 1. The van der Waals surface area contributed by atoms with E-state index in [1.807, 2.05) is 0 Å². The largest absolute Gasteiger partial charge is 0.480 e. The Bertz CT molecular complexity index is 263. The Kier molecular flexibility index (Phi) is 7.39. The first-order valence-electron chi connectivity index (χ1n) is 7.75. The van der Waals surface area contributed by atoms with Gasteiger partial charge in [-0.25, -0.2) is 0 Å². The van der Waals surface area contributed by atoms with E-state index in [0.29, 0.717) is 6.04 Å². The zero-order valence-electron chi connectivity index (χ0n) is 12.8. The topological polar surface area (TPSA) is 43.8 Å². The van der Waals surface area contributed by atoms with Gasteiger partial charge in [-0.1, -0.05) is 27.2 Å². The van der Waals surface area contributed by atoms with Gasteiger partial charge in [0.2, 0.25) is 0 Å². The average molecular weight is 270 g/mol. The molecule has 4 nitrogen and oxygen atoms in total. The van der Waals surface area contributed by atoms with Gasteiger partial charge >= 0.3 is 5.97 Å². The monoisotopic (exact) mass is 270 g/mol. The lowest BCUT2D eigenvalue weighted by atomic mass is 10.00. The minimum absolute atomic E-state index is 0.188. The van der Waals surface area contributed by atoms with Crippen LogP contribution in [0.15, 0.2) is 0 Å². The first kappa shape index (κ1) is 16.4. The number of carboxylic acid groups (broad SMARTS) is 1. The second-order valence-electron chi connectivity index (χ2n) is 5.88. The fraction of sp³-hybridized carbons (Fsp3) is 0.933. The molecule has 1 aliphatic heterocycles. The molecule has 1 aliphatic rings. The van der Waals surface area contributed by atoms with Crippen LogP contribution < -0.4 is 0 Å². The SMILES string of the molecule is CCCC(C)CN1CCC(N(CC)CC(=O)O)CC1. The molecule has 4 heteroatoms. The maximum Gasteiger partial charge on any atom is 0.317 e. The number of carbonyl (C=O) groups is 1. The molecule has 1 atom stereocenters. The minimum atomic E-state index is -0.708. The van der Waals surface area contributed by atoms with Crippen LogP contribution in [0.1, 0.15) is 46.5 Å². The van der Waals surface area contributed by atoms with Gasteiger partial charge in [0.15, 0.2) is 0 Å². The van der Waals surface area contributed by atoms with E-state index >= 15 is 0 Å². The van der Waals surface area contributed by atoms with Crippen molar-refractivity contribution in [2.24, 2.45) is 5.92 Å². The van der Waals surface area contributed by atoms with Crippen LogP contribution in [-0.4, -0.2) is 59.6 Å². The first-order chi connectivity index (χ1) is 9.06. The summed E-state index contributed by atoms with van der Waals surface area (Å²) in [7, 11) is 0. The Balaban J connectivity index is 2.32. The van der Waals surface area contributed by atoms with Crippen molar-refractivity contribution in [3.8, 4) is 0 Å². The van der Waals surface area contributed by atoms with Crippen molar-refractivity contribution >= 4 is 5.97 Å². The maximum absolute atomic E-state index is 10.8. The van der Waals surface area contributed by atoms with E-state index in [-0.39, 0.29) is 6.54 Å². The summed E-state index contributed by atoms with van der Waals surface area (Å²) >= 11 is 0. The summed E-state index contributed by atoms with van der Waals surface area (Å²) in [6.07, 6.45) is 4.79. The second kappa shape index (κ2) is 8.54. The number of carboxylic acids is 1. The molecule has 1 saturated heterocycles. The Morgan fingerprint density at radius 1 is 1.37 bits per heavy atom. The third-order valence-corrected chi connectivity index (χ3v) is 4.17. The van der Waals surface area contributed by atoms with Crippen molar-refractivity contribution in [3.05, 3.63) is 0 Å². The molecule has 0 spiro atoms. The van der Waals surface area contributed by atoms with Crippen molar-refractivity contribution in [1.29, 1.82) is 0 Å². The smallest absolute Gasteiger partial charge is 0.317 e. The summed E-state index contributed by atoms with van der Waals surface area (Å²) in [5.74, 6) is 0.0729. The summed E-state index contributed by atoms with van der Waals surface area (Å²) in [5, 5.41) is 8.92. The Hall–Kier alpha value is -0.610. The van der Waals surface area contributed by atoms with Crippen molar-refractivity contribution in [1.82, 2.24) is 9.80 Å². The van der Waals surface area contributed by atoms with Gasteiger partial charge in [-0.15, -0.1) is 0 Å². The van der Waals surface area contributed by atoms with Crippen molar-refractivity contribution in [2.45, 2.75) is 52.5 Å². The zero-order valence-corrected chi connectivity index (χ0v) is 12.8. The highest BCUT2D eigenvalue weighted by atomic mass is 16.4. The van der Waals surface area contributed by atoms with Crippen LogP contribution in [0.2, 0.25) is 0 Å². The highest BCUT2D eigenvalue weighted by Gasteiger charge is 2.25. The van der Waals surface area contributed by atoms with Crippen LogP contribution in [0.3, 0.4) is 0 Å². The minimum Gasteiger partial charge on any atom is -0.480 e. The Morgan fingerprint density at radius 3 is 2.47 bits per heavy atom. The molecule has 0 aromatic rings. The van der Waals surface area contributed by atoms with Gasteiger partial charge < -0.3 is 10.0 Å². The molecule has 112 valence electrons. The van der Waals surface area contributed by atoms with Crippen LogP contribution in [0.25, 0.3) is 0 Å². The van der Waals surface area contributed by atoms with Crippen LogP contribution >= 0.6 is 0 Å². The van der Waals surface area contributed by atoms with Gasteiger partial charge in [-0.3, -0.25) is 9.69 Å². The molecular formula is C15H30N2O2. The molecule has 19 heavy (non-hydrogen) atoms. The number of likely N-dealkylation sites (tertiary alicyclic amines) is 1. The van der Waals surface area contributed by atoms with Crippen molar-refractivity contribution < 1.29 is 9.90 Å². The van der Waals surface area contributed by atoms with Crippen LogP contribution in [0, 0.1) is 5.92 Å². The van der Waals surface area contributed by atoms with Gasteiger partial charge in [0, 0.05) is 12.6 Å². The van der Waals surface area contributed by atoms with E-state index in [1.165, 1.54) is 19.4 Å². The molecule has 1 heterocycles. The van der Waals surface area contributed by atoms with Gasteiger partial charge in [0.1, 0.15) is 0 Å².